The fourth-order valence-electron chi connectivity index (χ4n) is 2.50. The van der Waals surface area contributed by atoms with E-state index in [2.05, 4.69) is 23.9 Å². The van der Waals surface area contributed by atoms with E-state index in [0.717, 1.165) is 18.1 Å². The molecule has 6 heteroatoms. The molecule has 2 unspecified atom stereocenters. The van der Waals surface area contributed by atoms with E-state index in [0.29, 0.717) is 30.1 Å². The third-order valence-electron chi connectivity index (χ3n) is 3.64. The molecule has 2 rings (SSSR count). The highest BCUT2D eigenvalue weighted by Crippen LogP contribution is 2.26. The van der Waals surface area contributed by atoms with E-state index in [4.69, 9.17) is 0 Å². The fraction of sp³-hybridized carbons (Fsp3) is 1.00. The molecule has 2 atom stereocenters. The summed E-state index contributed by atoms with van der Waals surface area (Å²) >= 11 is 1.94. The van der Waals surface area contributed by atoms with E-state index >= 15 is 0 Å². The monoisotopic (exact) mass is 264 g/mol. The number of thioether (sulfide) groups is 1. The molecule has 4 nitrogen and oxygen atoms in total. The highest BCUT2D eigenvalue weighted by Gasteiger charge is 2.35. The minimum Gasteiger partial charge on any atom is -0.301 e. The topological polar surface area (TPSA) is 40.6 Å². The summed E-state index contributed by atoms with van der Waals surface area (Å²) in [5.74, 6) is 2.88. The van der Waals surface area contributed by atoms with Crippen LogP contribution in [0, 0.1) is 0 Å². The lowest BCUT2D eigenvalue weighted by Gasteiger charge is -2.33. The van der Waals surface area contributed by atoms with Gasteiger partial charge in [0.15, 0.2) is 9.84 Å². The van der Waals surface area contributed by atoms with Gasteiger partial charge in [-0.3, -0.25) is 4.90 Å². The molecule has 0 aliphatic carbocycles. The number of sulfone groups is 1. The van der Waals surface area contributed by atoms with Gasteiger partial charge in [0.05, 0.1) is 11.5 Å². The van der Waals surface area contributed by atoms with Crippen molar-refractivity contribution >= 4 is 21.6 Å². The summed E-state index contributed by atoms with van der Waals surface area (Å²) in [6.07, 6.45) is 0.786. The minimum absolute atomic E-state index is 0.323. The summed E-state index contributed by atoms with van der Waals surface area (Å²) < 4.78 is 23.2. The van der Waals surface area contributed by atoms with Crippen molar-refractivity contribution in [3.8, 4) is 0 Å². The summed E-state index contributed by atoms with van der Waals surface area (Å²) in [4.78, 5) is 4.58. The van der Waals surface area contributed by atoms with Crippen LogP contribution in [-0.4, -0.2) is 74.1 Å². The van der Waals surface area contributed by atoms with E-state index in [1.165, 1.54) is 0 Å². The van der Waals surface area contributed by atoms with Crippen LogP contribution < -0.4 is 0 Å². The average Bonchev–Trinajstić information content (AvgIpc) is 2.57. The normalized spacial score (nSPS) is 37.4. The third-order valence-corrected chi connectivity index (χ3v) is 6.47. The van der Waals surface area contributed by atoms with Crippen LogP contribution in [0.1, 0.15) is 6.42 Å². The molecule has 0 spiro atoms. The molecule has 16 heavy (non-hydrogen) atoms. The maximum absolute atomic E-state index is 11.6. The highest BCUT2D eigenvalue weighted by atomic mass is 32.2. The lowest BCUT2D eigenvalue weighted by molar-refractivity contribution is 0.152. The second kappa shape index (κ2) is 4.84. The Morgan fingerprint density at radius 1 is 1.12 bits per heavy atom. The average molecular weight is 264 g/mol. The molecule has 0 aromatic heterocycles. The van der Waals surface area contributed by atoms with Crippen molar-refractivity contribution in [2.24, 2.45) is 0 Å². The van der Waals surface area contributed by atoms with E-state index in [1.54, 1.807) is 0 Å². The first kappa shape index (κ1) is 12.7. The van der Waals surface area contributed by atoms with Gasteiger partial charge in [0.2, 0.25) is 0 Å². The van der Waals surface area contributed by atoms with Gasteiger partial charge in [0.25, 0.3) is 0 Å². The van der Waals surface area contributed by atoms with Gasteiger partial charge in [-0.05, 0) is 20.5 Å². The van der Waals surface area contributed by atoms with Gasteiger partial charge in [0.1, 0.15) is 0 Å². The van der Waals surface area contributed by atoms with Crippen molar-refractivity contribution in [3.05, 3.63) is 0 Å². The van der Waals surface area contributed by atoms with Crippen LogP contribution in [0.15, 0.2) is 0 Å². The summed E-state index contributed by atoms with van der Waals surface area (Å²) in [7, 11) is 1.40. The molecule has 0 radical (unpaired) electrons. The number of rotatable bonds is 1. The number of nitrogens with zero attached hydrogens (tertiary/aromatic N) is 2. The van der Waals surface area contributed by atoms with Crippen molar-refractivity contribution < 1.29 is 8.42 Å². The maximum atomic E-state index is 11.6. The molecule has 2 aliphatic heterocycles. The van der Waals surface area contributed by atoms with Crippen LogP contribution in [0.3, 0.4) is 0 Å². The largest absolute Gasteiger partial charge is 0.301 e. The Morgan fingerprint density at radius 2 is 1.88 bits per heavy atom. The van der Waals surface area contributed by atoms with Gasteiger partial charge in [-0.15, -0.1) is 11.8 Å². The van der Waals surface area contributed by atoms with Gasteiger partial charge in [-0.25, -0.2) is 8.42 Å². The molecule has 0 aromatic carbocycles. The van der Waals surface area contributed by atoms with Crippen molar-refractivity contribution in [3.63, 3.8) is 0 Å². The number of likely N-dealkylation sites (N-methyl/N-ethyl adjacent to an activating group) is 2. The molecule has 2 heterocycles. The zero-order valence-electron chi connectivity index (χ0n) is 9.92. The van der Waals surface area contributed by atoms with Gasteiger partial charge in [0, 0.05) is 30.3 Å². The first-order valence-corrected chi connectivity index (χ1v) is 8.66. The van der Waals surface area contributed by atoms with Gasteiger partial charge >= 0.3 is 0 Å². The first-order chi connectivity index (χ1) is 7.49. The van der Waals surface area contributed by atoms with Crippen LogP contribution in [0.25, 0.3) is 0 Å². The molecule has 2 aliphatic rings. The van der Waals surface area contributed by atoms with E-state index in [-0.39, 0.29) is 0 Å². The number of hydrogen-bond donors (Lipinski definition) is 0. The zero-order chi connectivity index (χ0) is 11.8. The summed E-state index contributed by atoms with van der Waals surface area (Å²) in [6, 6.07) is 0.917. The molecule has 2 fully saturated rings. The van der Waals surface area contributed by atoms with E-state index < -0.39 is 9.84 Å². The predicted octanol–water partition coefficient (Wildman–Crippen LogP) is 0.110. The second-order valence-corrected chi connectivity index (χ2v) is 8.12. The van der Waals surface area contributed by atoms with Crippen LogP contribution in [0.2, 0.25) is 0 Å². The van der Waals surface area contributed by atoms with Crippen LogP contribution in [0.4, 0.5) is 0 Å². The molecule has 0 aromatic rings. The Labute approximate surface area is 102 Å². The van der Waals surface area contributed by atoms with E-state index in [9.17, 15) is 8.42 Å². The molecule has 0 amide bonds. The highest BCUT2D eigenvalue weighted by molar-refractivity contribution is 7.99. The molecule has 0 bridgehead atoms. The van der Waals surface area contributed by atoms with Crippen LogP contribution in [-0.2, 0) is 9.84 Å². The van der Waals surface area contributed by atoms with Gasteiger partial charge < -0.3 is 4.90 Å². The fourth-order valence-corrected chi connectivity index (χ4v) is 5.18. The van der Waals surface area contributed by atoms with Crippen molar-refractivity contribution in [2.45, 2.75) is 18.5 Å². The van der Waals surface area contributed by atoms with Crippen molar-refractivity contribution in [1.29, 1.82) is 0 Å². The SMILES string of the molecule is CN1CCS(=O)(=O)CCC1C1CSCN1C. The summed E-state index contributed by atoms with van der Waals surface area (Å²) in [5, 5.41) is 0. The molecular weight excluding hydrogens is 244 g/mol. The lowest BCUT2D eigenvalue weighted by Crippen LogP contribution is -2.47. The summed E-state index contributed by atoms with van der Waals surface area (Å²) in [6.45, 7) is 0.683. The standard InChI is InChI=1S/C10H20N2O2S2/c1-11-4-6-16(13,14)5-3-9(11)10-7-15-8-12(10)2/h9-10H,3-8H2,1-2H3. The van der Waals surface area contributed by atoms with Crippen LogP contribution in [0.5, 0.6) is 0 Å². The Balaban J connectivity index is 2.08. The maximum Gasteiger partial charge on any atom is 0.151 e. The zero-order valence-corrected chi connectivity index (χ0v) is 11.6. The molecule has 94 valence electrons. The molecule has 0 N–H and O–H groups in total. The Hall–Kier alpha value is 0.220. The van der Waals surface area contributed by atoms with Crippen molar-refractivity contribution in [2.75, 3.05) is 43.8 Å². The quantitative estimate of drug-likeness (QED) is 0.672. The van der Waals surface area contributed by atoms with Crippen molar-refractivity contribution in [1.82, 2.24) is 9.80 Å². The second-order valence-electron chi connectivity index (χ2n) is 4.81. The number of hydrogen-bond acceptors (Lipinski definition) is 5. The minimum atomic E-state index is -2.80. The first-order valence-electron chi connectivity index (χ1n) is 5.68. The molecule has 0 saturated carbocycles. The lowest BCUT2D eigenvalue weighted by atomic mass is 10.1. The molecular formula is C10H20N2O2S2. The van der Waals surface area contributed by atoms with Gasteiger partial charge in [-0.2, -0.15) is 0 Å². The summed E-state index contributed by atoms with van der Waals surface area (Å²) in [5.41, 5.74) is 0. The van der Waals surface area contributed by atoms with Gasteiger partial charge in [-0.1, -0.05) is 0 Å². The smallest absolute Gasteiger partial charge is 0.151 e. The third kappa shape index (κ3) is 2.72. The predicted molar refractivity (Wildman–Crippen MR) is 68.6 cm³/mol. The molecule has 2 saturated heterocycles. The van der Waals surface area contributed by atoms with Crippen LogP contribution >= 0.6 is 11.8 Å². The Bertz CT molecular complexity index is 345. The van der Waals surface area contributed by atoms with E-state index in [1.807, 2.05) is 11.8 Å². The Kier molecular flexibility index (Phi) is 3.83. The Morgan fingerprint density at radius 3 is 2.50 bits per heavy atom.